The van der Waals surface area contributed by atoms with Crippen molar-refractivity contribution in [1.29, 1.82) is 0 Å². The third-order valence-corrected chi connectivity index (χ3v) is 3.54. The van der Waals surface area contributed by atoms with E-state index in [-0.39, 0.29) is 0 Å². The summed E-state index contributed by atoms with van der Waals surface area (Å²) in [6.45, 7) is 0.604. The average Bonchev–Trinajstić information content (AvgIpc) is 2.42. The second-order valence-corrected chi connectivity index (χ2v) is 5.12. The highest BCUT2D eigenvalue weighted by atomic mass is 32.2. The van der Waals surface area contributed by atoms with Crippen LogP contribution in [-0.2, 0) is 22.0 Å². The van der Waals surface area contributed by atoms with Gasteiger partial charge in [-0.1, -0.05) is 0 Å². The van der Waals surface area contributed by atoms with Gasteiger partial charge in [-0.15, -0.1) is 0 Å². The molecule has 0 heterocycles. The minimum absolute atomic E-state index is 0.580. The van der Waals surface area contributed by atoms with Gasteiger partial charge in [-0.2, -0.15) is 0 Å². The van der Waals surface area contributed by atoms with Gasteiger partial charge in [-0.25, -0.2) is 0 Å². The van der Waals surface area contributed by atoms with Crippen molar-refractivity contribution in [3.63, 3.8) is 0 Å². The van der Waals surface area contributed by atoms with Crippen LogP contribution in [0.2, 0.25) is 0 Å². The van der Waals surface area contributed by atoms with E-state index in [4.69, 9.17) is 9.47 Å². The summed E-state index contributed by atoms with van der Waals surface area (Å²) in [6.07, 6.45) is 2.96. The van der Waals surface area contributed by atoms with Crippen LogP contribution in [0.15, 0.2) is 17.0 Å². The highest BCUT2D eigenvalue weighted by molar-refractivity contribution is 7.84. The molecule has 0 saturated heterocycles. The lowest BCUT2D eigenvalue weighted by molar-refractivity contribution is 0.390. The molecule has 1 aromatic rings. The van der Waals surface area contributed by atoms with Gasteiger partial charge in [0.1, 0.15) is 11.5 Å². The van der Waals surface area contributed by atoms with E-state index in [1.165, 1.54) is 7.41 Å². The lowest BCUT2D eigenvalue weighted by Gasteiger charge is -2.13. The van der Waals surface area contributed by atoms with E-state index in [1.807, 2.05) is 6.07 Å². The Morgan fingerprint density at radius 3 is 2.53 bits per heavy atom. The first-order chi connectivity index (χ1) is 9.13. The molecule has 0 amide bonds. The van der Waals surface area contributed by atoms with Crippen LogP contribution in [0.5, 0.6) is 11.5 Å². The van der Waals surface area contributed by atoms with E-state index < -0.39 is 10.8 Å². The van der Waals surface area contributed by atoms with Crippen molar-refractivity contribution in [2.45, 2.75) is 11.3 Å². The van der Waals surface area contributed by atoms with Crippen molar-refractivity contribution in [2.75, 3.05) is 27.0 Å². The van der Waals surface area contributed by atoms with Gasteiger partial charge in [0.25, 0.3) is 7.41 Å². The van der Waals surface area contributed by atoms with Gasteiger partial charge in [0.15, 0.2) is 0 Å². The Morgan fingerprint density at radius 2 is 2.00 bits per heavy atom. The van der Waals surface area contributed by atoms with Gasteiger partial charge in [0.05, 0.1) is 36.1 Å². The number of hydrogen-bond acceptors (Lipinski definition) is 5. The summed E-state index contributed by atoms with van der Waals surface area (Å²) in [5.41, 5.74) is 0.931. The van der Waals surface area contributed by atoms with Gasteiger partial charge in [-0.05, 0) is 24.6 Å². The summed E-state index contributed by atoms with van der Waals surface area (Å²) in [6, 6.07) is 3.55. The van der Waals surface area contributed by atoms with Gasteiger partial charge in [0, 0.05) is 12.3 Å². The number of ether oxygens (including phenoxy) is 2. The zero-order chi connectivity index (χ0) is 14.3. The second kappa shape index (κ2) is 7.96. The highest BCUT2D eigenvalue weighted by Gasteiger charge is 2.13. The lowest BCUT2D eigenvalue weighted by atomic mass is 9.98. The Morgan fingerprint density at radius 1 is 1.32 bits per heavy atom. The summed E-state index contributed by atoms with van der Waals surface area (Å²) in [5.74, 6) is 1.25. The molecule has 103 valence electrons. The largest absolute Gasteiger partial charge is 0.496 e. The number of carbonyl (C=O) groups excluding carboxylic acids is 1. The van der Waals surface area contributed by atoms with Crippen LogP contribution in [0.25, 0.3) is 0 Å². The van der Waals surface area contributed by atoms with Crippen LogP contribution >= 0.6 is 0 Å². The van der Waals surface area contributed by atoms with Crippen LogP contribution < -0.4 is 14.7 Å². The fourth-order valence-electron chi connectivity index (χ4n) is 1.69. The molecule has 0 aliphatic carbocycles. The van der Waals surface area contributed by atoms with E-state index in [2.05, 4.69) is 5.23 Å². The number of nitrogens with one attached hydrogen (secondary N) is 1. The first-order valence-electron chi connectivity index (χ1n) is 5.72. The van der Waals surface area contributed by atoms with Crippen LogP contribution in [0.1, 0.15) is 5.56 Å². The van der Waals surface area contributed by atoms with Crippen LogP contribution in [0.3, 0.4) is 0 Å². The molecule has 0 bridgehead atoms. The Bertz CT molecular complexity index is 467. The average molecular weight is 282 g/mol. The molecule has 0 aliphatic heterocycles. The topological polar surface area (TPSA) is 64.6 Å². The Hall–Kier alpha value is -1.34. The van der Waals surface area contributed by atoms with Crippen LogP contribution in [0.4, 0.5) is 0 Å². The molecule has 19 heavy (non-hydrogen) atoms. The molecule has 1 radical (unpaired) electrons. The smallest absolute Gasteiger partial charge is 0.290 e. The highest BCUT2D eigenvalue weighted by Crippen LogP contribution is 2.31. The second-order valence-electron chi connectivity index (χ2n) is 3.78. The maximum atomic E-state index is 11.6. The van der Waals surface area contributed by atoms with Gasteiger partial charge < -0.3 is 19.5 Å². The van der Waals surface area contributed by atoms with Crippen LogP contribution in [-0.4, -0.2) is 44.8 Å². The maximum absolute atomic E-state index is 11.6. The molecule has 0 aromatic heterocycles. The summed E-state index contributed by atoms with van der Waals surface area (Å²) >= 11 is 0. The molecule has 0 fully saturated rings. The van der Waals surface area contributed by atoms with Crippen molar-refractivity contribution in [1.82, 2.24) is 5.23 Å². The summed E-state index contributed by atoms with van der Waals surface area (Å²) in [7, 11) is 3.31. The van der Waals surface area contributed by atoms with Crippen LogP contribution in [0, 0.1) is 0 Å². The Labute approximate surface area is 116 Å². The first kappa shape index (κ1) is 15.7. The van der Waals surface area contributed by atoms with E-state index >= 15 is 0 Å². The monoisotopic (exact) mass is 282 g/mol. The van der Waals surface area contributed by atoms with Crippen molar-refractivity contribution >= 4 is 24.4 Å². The predicted octanol–water partition coefficient (Wildman–Crippen LogP) is 0.383. The van der Waals surface area contributed by atoms with E-state index in [1.54, 1.807) is 26.5 Å². The van der Waals surface area contributed by atoms with Crippen molar-refractivity contribution in [3.05, 3.63) is 17.7 Å². The quantitative estimate of drug-likeness (QED) is 0.424. The number of hydrogen-bond donors (Lipinski definition) is 1. The predicted molar refractivity (Wildman–Crippen MR) is 76.1 cm³/mol. The molecule has 0 aliphatic rings. The third kappa shape index (κ3) is 4.36. The zero-order valence-electron chi connectivity index (χ0n) is 11.3. The molecular weight excluding hydrogens is 265 g/mol. The normalized spacial score (nSPS) is 11.7. The van der Waals surface area contributed by atoms with E-state index in [0.717, 1.165) is 5.56 Å². The number of benzene rings is 1. The molecule has 1 N–H and O–H groups in total. The molecule has 7 heteroatoms. The molecule has 0 saturated carbocycles. The van der Waals surface area contributed by atoms with Crippen molar-refractivity contribution < 1.29 is 18.5 Å². The van der Waals surface area contributed by atoms with Crippen molar-refractivity contribution in [2.24, 2.45) is 0 Å². The maximum Gasteiger partial charge on any atom is 0.290 e. The van der Waals surface area contributed by atoms with Gasteiger partial charge >= 0.3 is 0 Å². The van der Waals surface area contributed by atoms with Gasteiger partial charge in [-0.3, -0.25) is 4.21 Å². The number of rotatable bonds is 8. The lowest BCUT2D eigenvalue weighted by Crippen LogP contribution is -2.23. The van der Waals surface area contributed by atoms with E-state index in [0.29, 0.717) is 35.5 Å². The third-order valence-electron chi connectivity index (χ3n) is 2.60. The molecule has 1 aromatic carbocycles. The SMILES string of the molecule is COc1cc(S(C)=O)c(OC)cc1CCN[B]C=O. The minimum atomic E-state index is -1.14. The zero-order valence-corrected chi connectivity index (χ0v) is 12.1. The minimum Gasteiger partial charge on any atom is -0.496 e. The molecule has 1 unspecified atom stereocenters. The standard InChI is InChI=1S/C12H17BNO4S/c1-17-10-7-12(19(3)16)11(18-2)6-9(10)4-5-14-13-8-15/h6-8,14H,4-5H2,1-3H3. The Kier molecular flexibility index (Phi) is 6.59. The van der Waals surface area contributed by atoms with Crippen molar-refractivity contribution in [3.8, 4) is 11.5 Å². The molecule has 5 nitrogen and oxygen atoms in total. The fourth-order valence-corrected chi connectivity index (χ4v) is 2.39. The molecule has 0 spiro atoms. The Balaban J connectivity index is 2.96. The summed E-state index contributed by atoms with van der Waals surface area (Å²) in [4.78, 5) is 10.8. The summed E-state index contributed by atoms with van der Waals surface area (Å²) < 4.78 is 22.2. The molecular formula is C12H17BNO4S. The summed E-state index contributed by atoms with van der Waals surface area (Å²) in [5, 5.41) is 2.86. The molecule has 1 atom stereocenters. The first-order valence-corrected chi connectivity index (χ1v) is 7.28. The number of methoxy groups -OCH3 is 2. The van der Waals surface area contributed by atoms with E-state index in [9.17, 15) is 9.00 Å². The molecule has 1 rings (SSSR count). The number of carbonyl (C=O) groups is 1. The fraction of sp³-hybridized carbons (Fsp3) is 0.417. The van der Waals surface area contributed by atoms with Gasteiger partial charge in [0.2, 0.25) is 0 Å².